The van der Waals surface area contributed by atoms with Crippen LogP contribution in [-0.4, -0.2) is 41.2 Å². The van der Waals surface area contributed by atoms with Crippen molar-refractivity contribution < 1.29 is 29.0 Å². The molecular formula is C30H28BrCl2NO6. The van der Waals surface area contributed by atoms with Gasteiger partial charge in [0, 0.05) is 63.5 Å². The van der Waals surface area contributed by atoms with Gasteiger partial charge in [-0.25, -0.2) is 0 Å². The van der Waals surface area contributed by atoms with Gasteiger partial charge in [0.25, 0.3) is 0 Å². The number of carbonyl (C=O) groups is 3. The number of ketones is 2. The van der Waals surface area contributed by atoms with Crippen molar-refractivity contribution in [1.82, 2.24) is 4.90 Å². The van der Waals surface area contributed by atoms with Gasteiger partial charge >= 0.3 is 5.97 Å². The van der Waals surface area contributed by atoms with Crippen LogP contribution >= 0.6 is 39.1 Å². The van der Waals surface area contributed by atoms with E-state index in [2.05, 4.69) is 15.9 Å². The van der Waals surface area contributed by atoms with Gasteiger partial charge in [-0.1, -0.05) is 29.3 Å². The van der Waals surface area contributed by atoms with Crippen LogP contribution in [0.15, 0.2) is 57.3 Å². The average molecular weight is 649 g/mol. The Hall–Kier alpha value is -2.81. The lowest BCUT2D eigenvalue weighted by Crippen LogP contribution is -2.39. The lowest BCUT2D eigenvalue weighted by atomic mass is 9.71. The van der Waals surface area contributed by atoms with Gasteiger partial charge in [-0.05, 0) is 71.4 Å². The Morgan fingerprint density at radius 1 is 1.02 bits per heavy atom. The number of hydrogen-bond acceptors (Lipinski definition) is 6. The van der Waals surface area contributed by atoms with E-state index in [9.17, 15) is 19.5 Å². The Morgan fingerprint density at radius 2 is 1.68 bits per heavy atom. The number of carbonyl (C=O) groups excluding carboxylic acids is 2. The molecule has 210 valence electrons. The zero-order valence-corrected chi connectivity index (χ0v) is 25.0. The Balaban J connectivity index is 1.58. The fourth-order valence-electron chi connectivity index (χ4n) is 5.86. The normalized spacial score (nSPS) is 17.6. The minimum absolute atomic E-state index is 0.00991. The van der Waals surface area contributed by atoms with Crippen molar-refractivity contribution in [3.05, 3.63) is 78.5 Å². The fourth-order valence-corrected chi connectivity index (χ4v) is 6.90. The molecule has 1 heterocycles. The van der Waals surface area contributed by atoms with Crippen molar-refractivity contribution in [3.63, 3.8) is 0 Å². The van der Waals surface area contributed by atoms with Gasteiger partial charge < -0.3 is 19.5 Å². The lowest BCUT2D eigenvalue weighted by Gasteiger charge is -2.44. The van der Waals surface area contributed by atoms with Crippen LogP contribution in [0.4, 0.5) is 0 Å². The number of nitrogens with zero attached hydrogens (tertiary/aromatic N) is 1. The number of ether oxygens (including phenoxy) is 2. The minimum atomic E-state index is -0.917. The number of aliphatic carboxylic acids is 1. The number of carboxylic acids is 1. The molecule has 40 heavy (non-hydrogen) atoms. The average Bonchev–Trinajstić information content (AvgIpc) is 2.91. The number of rotatable bonds is 8. The molecular weight excluding hydrogens is 621 g/mol. The Kier molecular flexibility index (Phi) is 8.59. The van der Waals surface area contributed by atoms with Crippen LogP contribution in [0.25, 0.3) is 0 Å². The molecule has 2 aromatic carbocycles. The third kappa shape index (κ3) is 5.54. The molecule has 0 bridgehead atoms. The zero-order chi connectivity index (χ0) is 28.6. The highest BCUT2D eigenvalue weighted by molar-refractivity contribution is 9.10. The highest BCUT2D eigenvalue weighted by Crippen LogP contribution is 2.51. The first kappa shape index (κ1) is 28.7. The van der Waals surface area contributed by atoms with Crippen molar-refractivity contribution in [2.75, 3.05) is 13.7 Å². The first-order valence-corrected chi connectivity index (χ1v) is 14.7. The van der Waals surface area contributed by atoms with Crippen molar-refractivity contribution in [3.8, 4) is 11.5 Å². The maximum absolute atomic E-state index is 13.5. The Labute approximate surface area is 250 Å². The highest BCUT2D eigenvalue weighted by Gasteiger charge is 2.43. The van der Waals surface area contributed by atoms with E-state index in [1.54, 1.807) is 18.2 Å². The van der Waals surface area contributed by atoms with Crippen LogP contribution in [0.1, 0.15) is 62.0 Å². The number of Topliss-reactive ketones (excluding diaryl/α,β-unsaturated/α-hetero) is 2. The molecule has 0 spiro atoms. The summed E-state index contributed by atoms with van der Waals surface area (Å²) in [5.74, 6) is -0.590. The van der Waals surface area contributed by atoms with E-state index < -0.39 is 11.9 Å². The second-order valence-corrected chi connectivity index (χ2v) is 11.8. The third-order valence-electron chi connectivity index (χ3n) is 7.61. The van der Waals surface area contributed by atoms with Gasteiger partial charge in [0.2, 0.25) is 0 Å². The smallest absolute Gasteiger partial charge is 0.305 e. The van der Waals surface area contributed by atoms with Gasteiger partial charge in [-0.2, -0.15) is 0 Å². The molecule has 1 N–H and O–H groups in total. The van der Waals surface area contributed by atoms with Crippen molar-refractivity contribution in [1.29, 1.82) is 0 Å². The van der Waals surface area contributed by atoms with Gasteiger partial charge in [0.05, 0.1) is 18.0 Å². The van der Waals surface area contributed by atoms with Crippen LogP contribution in [0.2, 0.25) is 10.0 Å². The van der Waals surface area contributed by atoms with E-state index in [-0.39, 0.29) is 31.1 Å². The summed E-state index contributed by atoms with van der Waals surface area (Å²) >= 11 is 16.0. The topological polar surface area (TPSA) is 93.1 Å². The lowest BCUT2D eigenvalue weighted by molar-refractivity contribution is -0.137. The molecule has 0 atom stereocenters. The Morgan fingerprint density at radius 3 is 2.25 bits per heavy atom. The van der Waals surface area contributed by atoms with Gasteiger partial charge in [-0.15, -0.1) is 0 Å². The minimum Gasteiger partial charge on any atom is -0.493 e. The molecule has 10 heteroatoms. The van der Waals surface area contributed by atoms with E-state index >= 15 is 0 Å². The molecule has 2 aliphatic carbocycles. The quantitative estimate of drug-likeness (QED) is 0.323. The first-order valence-electron chi connectivity index (χ1n) is 13.2. The maximum atomic E-state index is 13.5. The van der Waals surface area contributed by atoms with Crippen LogP contribution in [-0.2, 0) is 21.0 Å². The maximum Gasteiger partial charge on any atom is 0.305 e. The molecule has 0 unspecified atom stereocenters. The van der Waals surface area contributed by atoms with Crippen LogP contribution in [0.3, 0.4) is 0 Å². The van der Waals surface area contributed by atoms with E-state index in [1.807, 2.05) is 17.0 Å². The number of halogens is 3. The number of methoxy groups -OCH3 is 1. The summed E-state index contributed by atoms with van der Waals surface area (Å²) in [6.45, 7) is 0.404. The predicted molar refractivity (Wildman–Crippen MR) is 155 cm³/mol. The predicted octanol–water partition coefficient (Wildman–Crippen LogP) is 7.23. The molecule has 0 saturated heterocycles. The van der Waals surface area contributed by atoms with E-state index in [0.717, 1.165) is 22.5 Å². The molecule has 2 aromatic rings. The van der Waals surface area contributed by atoms with Crippen LogP contribution in [0, 0.1) is 0 Å². The molecule has 0 saturated carbocycles. The van der Waals surface area contributed by atoms with Gasteiger partial charge in [-0.3, -0.25) is 14.4 Å². The van der Waals surface area contributed by atoms with Crippen LogP contribution in [0.5, 0.6) is 11.5 Å². The van der Waals surface area contributed by atoms with E-state index in [0.29, 0.717) is 75.7 Å². The number of carboxylic acid groups (broad SMARTS) is 1. The van der Waals surface area contributed by atoms with E-state index in [4.69, 9.17) is 32.7 Å². The fraction of sp³-hybridized carbons (Fsp3) is 0.367. The third-order valence-corrected chi connectivity index (χ3v) is 8.78. The second-order valence-electron chi connectivity index (χ2n) is 10.1. The summed E-state index contributed by atoms with van der Waals surface area (Å²) < 4.78 is 12.4. The van der Waals surface area contributed by atoms with Crippen molar-refractivity contribution >= 4 is 56.7 Å². The standard InChI is InChI=1S/C30H28BrCl2NO6/c1-39-25-13-17(12-19(31)30(25)40-15-16-8-9-18(32)14-20(16)33)27-28-21(4-2-6-23(28)35)34(11-10-26(37)38)22-5-3-7-24(36)29(22)27/h8-9,12-14,27H,2-7,10-11,15H2,1H3,(H,37,38). The van der Waals surface area contributed by atoms with Crippen molar-refractivity contribution in [2.24, 2.45) is 0 Å². The van der Waals surface area contributed by atoms with E-state index in [1.165, 1.54) is 7.11 Å². The summed E-state index contributed by atoms with van der Waals surface area (Å²) in [5, 5.41) is 10.4. The monoisotopic (exact) mass is 647 g/mol. The Bertz CT molecular complexity index is 1420. The molecule has 7 nitrogen and oxygen atoms in total. The first-order chi connectivity index (χ1) is 19.2. The largest absolute Gasteiger partial charge is 0.493 e. The highest BCUT2D eigenvalue weighted by atomic mass is 79.9. The molecule has 0 aromatic heterocycles. The number of benzene rings is 2. The van der Waals surface area contributed by atoms with Gasteiger partial charge in [0.15, 0.2) is 23.1 Å². The van der Waals surface area contributed by atoms with Crippen LogP contribution < -0.4 is 9.47 Å². The molecule has 5 rings (SSSR count). The SMILES string of the molecule is COc1cc(C2C3=C(CCCC3=O)N(CCC(=O)O)C3=C2C(=O)CCC3)cc(Br)c1OCc1ccc(Cl)cc1Cl. The molecule has 1 aliphatic heterocycles. The molecule has 0 amide bonds. The summed E-state index contributed by atoms with van der Waals surface area (Å²) in [6.07, 6.45) is 3.40. The van der Waals surface area contributed by atoms with Gasteiger partial charge in [0.1, 0.15) is 6.61 Å². The molecule has 0 radical (unpaired) electrons. The number of allylic oxidation sites excluding steroid dienone is 4. The second kappa shape index (κ2) is 12.0. The van der Waals surface area contributed by atoms with Crippen molar-refractivity contribution in [2.45, 2.75) is 57.5 Å². The molecule has 0 fully saturated rings. The molecule has 3 aliphatic rings. The zero-order valence-electron chi connectivity index (χ0n) is 21.9. The summed E-state index contributed by atoms with van der Waals surface area (Å²) in [7, 11) is 1.54. The summed E-state index contributed by atoms with van der Waals surface area (Å²) in [5.41, 5.74) is 4.34. The summed E-state index contributed by atoms with van der Waals surface area (Å²) in [4.78, 5) is 40.4. The number of hydrogen-bond donors (Lipinski definition) is 1. The summed E-state index contributed by atoms with van der Waals surface area (Å²) in [6, 6.07) is 8.88.